The zero-order valence-electron chi connectivity index (χ0n) is 11.3. The zero-order chi connectivity index (χ0) is 14.5. The van der Waals surface area contributed by atoms with Crippen LogP contribution in [0, 0.1) is 17.0 Å². The first-order valence-electron chi connectivity index (χ1n) is 6.29. The number of rotatable bonds is 5. The van der Waals surface area contributed by atoms with Crippen molar-refractivity contribution in [3.8, 4) is 5.75 Å². The number of benzene rings is 2. The van der Waals surface area contributed by atoms with Crippen molar-refractivity contribution >= 4 is 17.7 Å². The first kappa shape index (κ1) is 14.4. The molecule has 104 valence electrons. The quantitative estimate of drug-likeness (QED) is 0.460. The minimum atomic E-state index is -0.413. The van der Waals surface area contributed by atoms with Crippen molar-refractivity contribution in [3.63, 3.8) is 0 Å². The van der Waals surface area contributed by atoms with Gasteiger partial charge < -0.3 is 4.18 Å². The molecule has 0 saturated carbocycles. The minimum Gasteiger partial charge on any atom is -0.413 e. The van der Waals surface area contributed by atoms with Gasteiger partial charge in [-0.3, -0.25) is 10.1 Å². The van der Waals surface area contributed by atoms with E-state index in [1.807, 2.05) is 44.2 Å². The van der Waals surface area contributed by atoms with Crippen molar-refractivity contribution in [2.75, 3.05) is 0 Å². The molecule has 0 aromatic heterocycles. The molecule has 4 nitrogen and oxygen atoms in total. The van der Waals surface area contributed by atoms with Crippen LogP contribution in [-0.4, -0.2) is 4.92 Å². The van der Waals surface area contributed by atoms with Crippen LogP contribution in [0.25, 0.3) is 0 Å². The van der Waals surface area contributed by atoms with Gasteiger partial charge >= 0.3 is 5.69 Å². The van der Waals surface area contributed by atoms with Gasteiger partial charge in [-0.1, -0.05) is 36.8 Å². The van der Waals surface area contributed by atoms with Gasteiger partial charge in [0, 0.05) is 16.5 Å². The fourth-order valence-corrected chi connectivity index (χ4v) is 2.39. The van der Waals surface area contributed by atoms with Gasteiger partial charge in [0.05, 0.1) is 17.0 Å². The van der Waals surface area contributed by atoms with Crippen LogP contribution in [0.2, 0.25) is 0 Å². The Morgan fingerprint density at radius 2 is 1.90 bits per heavy atom. The van der Waals surface area contributed by atoms with E-state index < -0.39 is 4.92 Å². The highest BCUT2D eigenvalue weighted by atomic mass is 32.2. The fraction of sp³-hybridized carbons (Fsp3) is 0.200. The monoisotopic (exact) mass is 289 g/mol. The SMILES string of the molecule is CCc1cccc([N+](=O)[O-])c1OSc1ccc(C)cc1. The second-order valence-corrected chi connectivity index (χ2v) is 5.16. The normalized spacial score (nSPS) is 10.3. The molecule has 0 aliphatic heterocycles. The summed E-state index contributed by atoms with van der Waals surface area (Å²) in [5.41, 5.74) is 2.00. The summed E-state index contributed by atoms with van der Waals surface area (Å²) < 4.78 is 5.62. The maximum atomic E-state index is 11.1. The Balaban J connectivity index is 2.23. The van der Waals surface area contributed by atoms with E-state index in [0.717, 1.165) is 28.1 Å². The molecule has 0 aliphatic rings. The highest BCUT2D eigenvalue weighted by molar-refractivity contribution is 7.95. The van der Waals surface area contributed by atoms with E-state index in [1.165, 1.54) is 6.07 Å². The summed E-state index contributed by atoms with van der Waals surface area (Å²) >= 11 is 1.14. The van der Waals surface area contributed by atoms with E-state index in [9.17, 15) is 10.1 Å². The first-order chi connectivity index (χ1) is 9.61. The maximum Gasteiger partial charge on any atom is 0.312 e. The molecule has 0 aliphatic carbocycles. The molecule has 0 unspecified atom stereocenters. The third kappa shape index (κ3) is 3.30. The molecule has 0 heterocycles. The summed E-state index contributed by atoms with van der Waals surface area (Å²) in [6.45, 7) is 3.95. The Hall–Kier alpha value is -2.01. The number of para-hydroxylation sites is 1. The topological polar surface area (TPSA) is 52.4 Å². The second-order valence-electron chi connectivity index (χ2n) is 4.36. The molecule has 5 heteroatoms. The van der Waals surface area contributed by atoms with Gasteiger partial charge in [0.2, 0.25) is 5.75 Å². The Morgan fingerprint density at radius 3 is 2.50 bits per heavy atom. The largest absolute Gasteiger partial charge is 0.413 e. The number of nitrogens with zero attached hydrogens (tertiary/aromatic N) is 1. The van der Waals surface area contributed by atoms with Crippen LogP contribution in [0.5, 0.6) is 5.75 Å². The molecular formula is C15H15NO3S. The van der Waals surface area contributed by atoms with E-state index in [4.69, 9.17) is 4.18 Å². The average molecular weight is 289 g/mol. The van der Waals surface area contributed by atoms with Crippen LogP contribution in [0.15, 0.2) is 47.4 Å². The Morgan fingerprint density at radius 1 is 1.20 bits per heavy atom. The van der Waals surface area contributed by atoms with Crippen LogP contribution < -0.4 is 4.18 Å². The molecule has 0 spiro atoms. The molecule has 0 N–H and O–H groups in total. The third-order valence-corrected chi connectivity index (χ3v) is 3.61. The van der Waals surface area contributed by atoms with Crippen LogP contribution in [0.1, 0.15) is 18.1 Å². The highest BCUT2D eigenvalue weighted by Crippen LogP contribution is 2.35. The molecule has 2 aromatic carbocycles. The smallest absolute Gasteiger partial charge is 0.312 e. The molecule has 0 radical (unpaired) electrons. The van der Waals surface area contributed by atoms with Crippen LogP contribution in [-0.2, 0) is 6.42 Å². The average Bonchev–Trinajstić information content (AvgIpc) is 2.46. The molecule has 20 heavy (non-hydrogen) atoms. The highest BCUT2D eigenvalue weighted by Gasteiger charge is 2.19. The summed E-state index contributed by atoms with van der Waals surface area (Å²) in [5.74, 6) is 0.338. The lowest BCUT2D eigenvalue weighted by atomic mass is 10.1. The van der Waals surface area contributed by atoms with E-state index >= 15 is 0 Å². The lowest BCUT2D eigenvalue weighted by Gasteiger charge is -2.09. The fourth-order valence-electron chi connectivity index (χ4n) is 1.77. The Bertz CT molecular complexity index is 611. The lowest BCUT2D eigenvalue weighted by Crippen LogP contribution is -1.96. The van der Waals surface area contributed by atoms with Crippen molar-refractivity contribution in [3.05, 3.63) is 63.7 Å². The van der Waals surface area contributed by atoms with Crippen LogP contribution in [0.3, 0.4) is 0 Å². The van der Waals surface area contributed by atoms with E-state index in [2.05, 4.69) is 0 Å². The molecule has 0 fully saturated rings. The number of hydrogen-bond acceptors (Lipinski definition) is 4. The number of nitro benzene ring substituents is 1. The minimum absolute atomic E-state index is 0.00367. The molecule has 2 rings (SSSR count). The van der Waals surface area contributed by atoms with Gasteiger partial charge in [-0.15, -0.1) is 0 Å². The van der Waals surface area contributed by atoms with Crippen molar-refractivity contribution in [1.29, 1.82) is 0 Å². The van der Waals surface area contributed by atoms with E-state index in [0.29, 0.717) is 12.2 Å². The molecular weight excluding hydrogens is 274 g/mol. The summed E-state index contributed by atoms with van der Waals surface area (Å²) in [4.78, 5) is 11.6. The predicted octanol–water partition coefficient (Wildman–Crippen LogP) is 4.55. The van der Waals surface area contributed by atoms with Crippen molar-refractivity contribution in [1.82, 2.24) is 0 Å². The maximum absolute atomic E-state index is 11.1. The number of hydrogen-bond donors (Lipinski definition) is 0. The summed E-state index contributed by atoms with van der Waals surface area (Å²) in [5, 5.41) is 11.1. The van der Waals surface area contributed by atoms with E-state index in [1.54, 1.807) is 6.07 Å². The first-order valence-corrected chi connectivity index (χ1v) is 7.03. The summed E-state index contributed by atoms with van der Waals surface area (Å²) in [6, 6.07) is 12.8. The van der Waals surface area contributed by atoms with Gasteiger partial charge in [0.15, 0.2) is 0 Å². The van der Waals surface area contributed by atoms with Gasteiger partial charge in [-0.25, -0.2) is 0 Å². The van der Waals surface area contributed by atoms with Gasteiger partial charge in [-0.05, 0) is 25.5 Å². The van der Waals surface area contributed by atoms with Crippen molar-refractivity contribution < 1.29 is 9.11 Å². The van der Waals surface area contributed by atoms with Crippen LogP contribution in [0.4, 0.5) is 5.69 Å². The van der Waals surface area contributed by atoms with Gasteiger partial charge in [-0.2, -0.15) is 0 Å². The van der Waals surface area contributed by atoms with Crippen molar-refractivity contribution in [2.24, 2.45) is 0 Å². The lowest BCUT2D eigenvalue weighted by molar-refractivity contribution is -0.385. The number of nitro groups is 1. The molecule has 0 bridgehead atoms. The Labute approximate surface area is 122 Å². The summed E-state index contributed by atoms with van der Waals surface area (Å²) in [7, 11) is 0. The van der Waals surface area contributed by atoms with Gasteiger partial charge in [0.1, 0.15) is 0 Å². The predicted molar refractivity (Wildman–Crippen MR) is 80.1 cm³/mol. The standard InChI is InChI=1S/C15H15NO3S/c1-3-12-5-4-6-14(16(17)18)15(12)19-20-13-9-7-11(2)8-10-13/h4-10H,3H2,1-2H3. The number of aryl methyl sites for hydroxylation is 2. The molecule has 0 amide bonds. The molecule has 0 atom stereocenters. The molecule has 0 saturated heterocycles. The van der Waals surface area contributed by atoms with Crippen LogP contribution >= 0.6 is 12.0 Å². The Kier molecular flexibility index (Phi) is 4.63. The van der Waals surface area contributed by atoms with E-state index in [-0.39, 0.29) is 5.69 Å². The van der Waals surface area contributed by atoms with Gasteiger partial charge in [0.25, 0.3) is 0 Å². The zero-order valence-corrected chi connectivity index (χ0v) is 12.1. The molecule has 2 aromatic rings. The third-order valence-electron chi connectivity index (χ3n) is 2.90. The van der Waals surface area contributed by atoms with Crippen molar-refractivity contribution in [2.45, 2.75) is 25.2 Å². The summed E-state index contributed by atoms with van der Waals surface area (Å²) in [6.07, 6.45) is 0.686. The second kappa shape index (κ2) is 6.43.